The SMILES string of the molecule is CC(C)(C)Cc1ccnc(-c2[c-]ccc3c2oc2c4cnccc4ccc32)c1.Cc1ccc(-c2[c-]cccc2)nc1.[Ir]. The second kappa shape index (κ2) is 12.4. The van der Waals surface area contributed by atoms with Gasteiger partial charge in [0.2, 0.25) is 0 Å². The van der Waals surface area contributed by atoms with Crippen LogP contribution >= 0.6 is 0 Å². The number of nitrogens with zero attached hydrogens (tertiary/aromatic N) is 3. The van der Waals surface area contributed by atoms with Gasteiger partial charge in [-0.25, -0.2) is 0 Å². The third-order valence-electron chi connectivity index (χ3n) is 6.93. The first-order valence-electron chi connectivity index (χ1n) is 13.8. The van der Waals surface area contributed by atoms with E-state index >= 15 is 0 Å². The topological polar surface area (TPSA) is 51.8 Å². The molecule has 4 nitrogen and oxygen atoms in total. The first-order chi connectivity index (χ1) is 19.9. The minimum atomic E-state index is 0. The van der Waals surface area contributed by atoms with Crippen molar-refractivity contribution >= 4 is 32.7 Å². The minimum Gasteiger partial charge on any atom is -0.500 e. The van der Waals surface area contributed by atoms with Gasteiger partial charge in [-0.3, -0.25) is 4.98 Å². The zero-order valence-corrected chi connectivity index (χ0v) is 26.5. The molecule has 7 rings (SSSR count). The molecule has 5 heteroatoms. The Bertz CT molecular complexity index is 1960. The first-order valence-corrected chi connectivity index (χ1v) is 13.8. The van der Waals surface area contributed by atoms with Crippen LogP contribution in [0.3, 0.4) is 0 Å². The molecule has 0 saturated carbocycles. The number of benzene rings is 3. The zero-order valence-electron chi connectivity index (χ0n) is 24.1. The summed E-state index contributed by atoms with van der Waals surface area (Å²) < 4.78 is 6.38. The van der Waals surface area contributed by atoms with Crippen LogP contribution in [0.25, 0.3) is 55.2 Å². The smallest absolute Gasteiger partial charge is 0.130 e. The molecular weight excluding hydrogens is 695 g/mol. The fourth-order valence-corrected chi connectivity index (χ4v) is 5.06. The average Bonchev–Trinajstić information content (AvgIpc) is 3.37. The molecule has 1 radical (unpaired) electrons. The molecule has 0 aliphatic carbocycles. The summed E-state index contributed by atoms with van der Waals surface area (Å²) in [5, 5.41) is 4.32. The Hall–Kier alpha value is -4.18. The van der Waals surface area contributed by atoms with Gasteiger partial charge in [-0.15, -0.1) is 54.1 Å². The zero-order chi connectivity index (χ0) is 28.4. The molecule has 3 aromatic carbocycles. The molecule has 0 fully saturated rings. The normalized spacial score (nSPS) is 11.2. The van der Waals surface area contributed by atoms with Crippen LogP contribution in [0.5, 0.6) is 0 Å². The van der Waals surface area contributed by atoms with Crippen molar-refractivity contribution in [2.75, 3.05) is 0 Å². The van der Waals surface area contributed by atoms with Crippen LogP contribution in [0.4, 0.5) is 0 Å². The summed E-state index contributed by atoms with van der Waals surface area (Å²) >= 11 is 0. The van der Waals surface area contributed by atoms with Crippen molar-refractivity contribution in [3.63, 3.8) is 0 Å². The Labute approximate surface area is 260 Å². The van der Waals surface area contributed by atoms with Gasteiger partial charge in [-0.1, -0.05) is 67.6 Å². The molecule has 0 unspecified atom stereocenters. The fraction of sp³-hybridized carbons (Fsp3) is 0.162. The van der Waals surface area contributed by atoms with Crippen LogP contribution in [0.15, 0.2) is 108 Å². The Kier molecular flexibility index (Phi) is 8.63. The van der Waals surface area contributed by atoms with E-state index < -0.39 is 0 Å². The maximum Gasteiger partial charge on any atom is 0.130 e. The quantitative estimate of drug-likeness (QED) is 0.171. The van der Waals surface area contributed by atoms with Gasteiger partial charge >= 0.3 is 0 Å². The number of fused-ring (bicyclic) bond motifs is 5. The Morgan fingerprint density at radius 1 is 0.738 bits per heavy atom. The summed E-state index contributed by atoms with van der Waals surface area (Å²) in [5.41, 5.74) is 8.19. The molecule has 0 N–H and O–H groups in total. The molecule has 0 aliphatic rings. The second-order valence-electron chi connectivity index (χ2n) is 11.5. The van der Waals surface area contributed by atoms with Gasteiger partial charge in [0.05, 0.1) is 5.58 Å². The van der Waals surface area contributed by atoms with E-state index in [1.807, 2.05) is 68.0 Å². The fourth-order valence-electron chi connectivity index (χ4n) is 5.06. The Morgan fingerprint density at radius 3 is 2.36 bits per heavy atom. The van der Waals surface area contributed by atoms with E-state index in [4.69, 9.17) is 4.42 Å². The molecule has 0 spiro atoms. The number of aromatic nitrogens is 3. The van der Waals surface area contributed by atoms with Crippen molar-refractivity contribution in [2.45, 2.75) is 34.1 Å². The van der Waals surface area contributed by atoms with E-state index in [0.29, 0.717) is 0 Å². The van der Waals surface area contributed by atoms with Crippen molar-refractivity contribution in [3.8, 4) is 22.5 Å². The van der Waals surface area contributed by atoms with Crippen LogP contribution in [-0.2, 0) is 26.5 Å². The van der Waals surface area contributed by atoms with E-state index in [9.17, 15) is 0 Å². The summed E-state index contributed by atoms with van der Waals surface area (Å²) in [5.74, 6) is 0. The first kappa shape index (κ1) is 29.3. The van der Waals surface area contributed by atoms with Crippen molar-refractivity contribution in [3.05, 3.63) is 127 Å². The standard InChI is InChI=1S/C25H21N2O.C12H10N.Ir/c1-25(2,3)14-16-9-12-27-22(13-16)20-6-4-5-18-19-8-7-17-10-11-26-15-21(17)24(19)28-23(18)20;1-10-7-8-12(13-9-10)11-5-3-2-4-6-11;/h4-5,7-13,15H,14H2,1-3H3;2-5,7-9H,1H3;/q2*-1;. The van der Waals surface area contributed by atoms with Gasteiger partial charge in [0, 0.05) is 55.7 Å². The molecule has 0 saturated heterocycles. The minimum absolute atomic E-state index is 0. The van der Waals surface area contributed by atoms with Crippen LogP contribution in [0, 0.1) is 24.5 Å². The number of hydrogen-bond acceptors (Lipinski definition) is 4. The molecule has 4 aromatic heterocycles. The third-order valence-corrected chi connectivity index (χ3v) is 6.93. The molecule has 42 heavy (non-hydrogen) atoms. The van der Waals surface area contributed by atoms with E-state index in [-0.39, 0.29) is 25.5 Å². The number of hydrogen-bond donors (Lipinski definition) is 0. The van der Waals surface area contributed by atoms with Crippen LogP contribution in [-0.4, -0.2) is 15.0 Å². The van der Waals surface area contributed by atoms with Crippen molar-refractivity contribution in [1.29, 1.82) is 0 Å². The molecule has 0 aliphatic heterocycles. The predicted molar refractivity (Wildman–Crippen MR) is 167 cm³/mol. The van der Waals surface area contributed by atoms with Gasteiger partial charge in [-0.05, 0) is 53.2 Å². The number of furan rings is 1. The van der Waals surface area contributed by atoms with E-state index in [2.05, 4.69) is 84.3 Å². The van der Waals surface area contributed by atoms with Crippen LogP contribution < -0.4 is 0 Å². The largest absolute Gasteiger partial charge is 0.500 e. The molecule has 7 aromatic rings. The van der Waals surface area contributed by atoms with Crippen LogP contribution in [0.1, 0.15) is 31.9 Å². The van der Waals surface area contributed by atoms with Gasteiger partial charge in [0.15, 0.2) is 0 Å². The van der Waals surface area contributed by atoms with E-state index in [0.717, 1.165) is 61.6 Å². The van der Waals surface area contributed by atoms with Gasteiger partial charge in [0.1, 0.15) is 5.58 Å². The molecule has 211 valence electrons. The van der Waals surface area contributed by atoms with E-state index in [1.165, 1.54) is 11.1 Å². The molecule has 0 bridgehead atoms. The average molecular weight is 726 g/mol. The molecule has 0 atom stereocenters. The number of aryl methyl sites for hydroxylation is 1. The predicted octanol–water partition coefficient (Wildman–Crippen LogP) is 9.44. The van der Waals surface area contributed by atoms with Gasteiger partial charge in [0.25, 0.3) is 0 Å². The summed E-state index contributed by atoms with van der Waals surface area (Å²) in [6, 6.07) is 32.9. The Balaban J connectivity index is 0.000000212. The summed E-state index contributed by atoms with van der Waals surface area (Å²) in [7, 11) is 0. The molecule has 0 amide bonds. The van der Waals surface area contributed by atoms with Gasteiger partial charge in [-0.2, -0.15) is 0 Å². The van der Waals surface area contributed by atoms with Gasteiger partial charge < -0.3 is 14.4 Å². The molecule has 4 heterocycles. The van der Waals surface area contributed by atoms with E-state index in [1.54, 1.807) is 6.20 Å². The van der Waals surface area contributed by atoms with Crippen molar-refractivity contribution in [2.24, 2.45) is 5.41 Å². The maximum atomic E-state index is 6.38. The Morgan fingerprint density at radius 2 is 1.60 bits per heavy atom. The summed E-state index contributed by atoms with van der Waals surface area (Å²) in [4.78, 5) is 13.2. The summed E-state index contributed by atoms with van der Waals surface area (Å²) in [6.45, 7) is 8.78. The number of pyridine rings is 3. The van der Waals surface area contributed by atoms with Crippen molar-refractivity contribution in [1.82, 2.24) is 15.0 Å². The number of rotatable bonds is 3. The molecular formula is C37H31IrN3O-2. The maximum absolute atomic E-state index is 6.38. The van der Waals surface area contributed by atoms with Crippen LogP contribution in [0.2, 0.25) is 0 Å². The monoisotopic (exact) mass is 726 g/mol. The van der Waals surface area contributed by atoms with Crippen molar-refractivity contribution < 1.29 is 24.5 Å². The second-order valence-corrected chi connectivity index (χ2v) is 11.5. The third kappa shape index (κ3) is 6.33. The summed E-state index contributed by atoms with van der Waals surface area (Å²) in [6.07, 6.45) is 8.42.